The van der Waals surface area contributed by atoms with Gasteiger partial charge in [0.15, 0.2) is 0 Å². The van der Waals surface area contributed by atoms with E-state index in [4.69, 9.17) is 14.0 Å². The van der Waals surface area contributed by atoms with Crippen LogP contribution in [-0.2, 0) is 21.2 Å². The van der Waals surface area contributed by atoms with E-state index >= 15 is 0 Å². The predicted octanol–water partition coefficient (Wildman–Crippen LogP) is 3.66. The van der Waals surface area contributed by atoms with Gasteiger partial charge in [-0.05, 0) is 61.9 Å². The van der Waals surface area contributed by atoms with Crippen molar-refractivity contribution < 1.29 is 22.4 Å². The van der Waals surface area contributed by atoms with Crippen molar-refractivity contribution in [1.82, 2.24) is 14.9 Å². The number of nitrogens with one attached hydrogen (secondary N) is 1. The number of hydrogen-bond acceptors (Lipinski definition) is 8. The molecule has 0 radical (unpaired) electrons. The summed E-state index contributed by atoms with van der Waals surface area (Å²) in [5.41, 5.74) is 4.08. The SMILES string of the molecule is COCCS(=O)(=O)NCC1CCc2c(-c3noc(-c4ccc(OC(C)C)c(C#N)c4)n3)cccc21. The van der Waals surface area contributed by atoms with Gasteiger partial charge < -0.3 is 14.0 Å². The molecule has 2 aromatic carbocycles. The number of methoxy groups -OCH3 is 1. The highest BCUT2D eigenvalue weighted by Gasteiger charge is 2.27. The van der Waals surface area contributed by atoms with E-state index in [9.17, 15) is 13.7 Å². The standard InChI is InChI=1S/C25H28N4O5S/c1-16(2)33-23-10-8-17(13-19(23)14-26)25-28-24(29-34-25)22-6-4-5-20-18(7-9-21(20)22)15-27-35(30,31)12-11-32-3/h4-6,8,10,13,16,18,27H,7,9,11-12,15H2,1-3H3. The average Bonchev–Trinajstić information content (AvgIpc) is 3.49. The van der Waals surface area contributed by atoms with Gasteiger partial charge >= 0.3 is 0 Å². The van der Waals surface area contributed by atoms with Crippen LogP contribution >= 0.6 is 0 Å². The summed E-state index contributed by atoms with van der Waals surface area (Å²) >= 11 is 0. The molecule has 1 aliphatic rings. The van der Waals surface area contributed by atoms with Gasteiger partial charge in [0.1, 0.15) is 11.8 Å². The molecule has 1 N–H and O–H groups in total. The second kappa shape index (κ2) is 10.6. The molecular formula is C25H28N4O5S. The van der Waals surface area contributed by atoms with E-state index in [2.05, 4.69) is 20.9 Å². The topological polar surface area (TPSA) is 127 Å². The number of nitriles is 1. The van der Waals surface area contributed by atoms with Crippen molar-refractivity contribution >= 4 is 10.0 Å². The largest absolute Gasteiger partial charge is 0.490 e. The molecule has 1 heterocycles. The molecular weight excluding hydrogens is 468 g/mol. The number of hydrogen-bond donors (Lipinski definition) is 1. The Bertz CT molecular complexity index is 1340. The average molecular weight is 497 g/mol. The first-order valence-electron chi connectivity index (χ1n) is 11.4. The van der Waals surface area contributed by atoms with Crippen LogP contribution in [0.1, 0.15) is 42.9 Å². The van der Waals surface area contributed by atoms with Crippen molar-refractivity contribution in [1.29, 1.82) is 5.26 Å². The number of ether oxygens (including phenoxy) is 2. The van der Waals surface area contributed by atoms with Gasteiger partial charge in [-0.3, -0.25) is 0 Å². The van der Waals surface area contributed by atoms with Crippen molar-refractivity contribution in [3.05, 3.63) is 53.1 Å². The minimum absolute atomic E-state index is 0.0485. The highest BCUT2D eigenvalue weighted by molar-refractivity contribution is 7.89. The Labute approximate surface area is 205 Å². The highest BCUT2D eigenvalue weighted by atomic mass is 32.2. The van der Waals surface area contributed by atoms with Gasteiger partial charge in [-0.25, -0.2) is 13.1 Å². The van der Waals surface area contributed by atoms with Crippen LogP contribution in [0.4, 0.5) is 0 Å². The Morgan fingerprint density at radius 3 is 2.86 bits per heavy atom. The zero-order valence-electron chi connectivity index (χ0n) is 19.9. The number of nitrogens with zero attached hydrogens (tertiary/aromatic N) is 3. The Morgan fingerprint density at radius 2 is 2.11 bits per heavy atom. The lowest BCUT2D eigenvalue weighted by Gasteiger charge is -2.13. The van der Waals surface area contributed by atoms with Gasteiger partial charge in [0.05, 0.1) is 24.0 Å². The fourth-order valence-electron chi connectivity index (χ4n) is 4.21. The van der Waals surface area contributed by atoms with Crippen molar-refractivity contribution in [2.24, 2.45) is 0 Å². The van der Waals surface area contributed by atoms with E-state index in [0.717, 1.165) is 29.5 Å². The molecule has 1 aromatic heterocycles. The molecule has 1 atom stereocenters. The normalized spacial score (nSPS) is 15.2. The summed E-state index contributed by atoms with van der Waals surface area (Å²) in [7, 11) is -1.91. The van der Waals surface area contributed by atoms with Gasteiger partial charge in [0.2, 0.25) is 15.8 Å². The maximum atomic E-state index is 12.2. The Balaban J connectivity index is 1.55. The highest BCUT2D eigenvalue weighted by Crippen LogP contribution is 2.38. The maximum absolute atomic E-state index is 12.2. The summed E-state index contributed by atoms with van der Waals surface area (Å²) in [6, 6.07) is 13.2. The minimum atomic E-state index is -3.39. The van der Waals surface area contributed by atoms with Gasteiger partial charge in [0.25, 0.3) is 5.89 Å². The molecule has 9 nitrogen and oxygen atoms in total. The number of benzene rings is 2. The summed E-state index contributed by atoms with van der Waals surface area (Å²) in [4.78, 5) is 4.58. The fourth-order valence-corrected chi connectivity index (χ4v) is 5.20. The van der Waals surface area contributed by atoms with Crippen molar-refractivity contribution in [3.63, 3.8) is 0 Å². The zero-order chi connectivity index (χ0) is 25.0. The molecule has 3 aromatic rings. The van der Waals surface area contributed by atoms with Crippen LogP contribution in [0, 0.1) is 11.3 Å². The second-order valence-electron chi connectivity index (χ2n) is 8.68. The lowest BCUT2D eigenvalue weighted by atomic mass is 9.98. The van der Waals surface area contributed by atoms with Crippen LogP contribution in [0.5, 0.6) is 5.75 Å². The summed E-state index contributed by atoms with van der Waals surface area (Å²) in [6.07, 6.45) is 1.57. The first kappa shape index (κ1) is 24.9. The molecule has 4 rings (SSSR count). The smallest absolute Gasteiger partial charge is 0.258 e. The lowest BCUT2D eigenvalue weighted by molar-refractivity contribution is 0.217. The van der Waals surface area contributed by atoms with Gasteiger partial charge in [0, 0.05) is 24.8 Å². The number of rotatable bonds is 10. The predicted molar refractivity (Wildman–Crippen MR) is 130 cm³/mol. The first-order chi connectivity index (χ1) is 16.8. The van der Waals surface area contributed by atoms with E-state index < -0.39 is 10.0 Å². The molecule has 35 heavy (non-hydrogen) atoms. The van der Waals surface area contributed by atoms with Crippen molar-refractivity contribution in [2.45, 2.75) is 38.7 Å². The zero-order valence-corrected chi connectivity index (χ0v) is 20.8. The summed E-state index contributed by atoms with van der Waals surface area (Å²) < 4.78 is 43.1. The second-order valence-corrected chi connectivity index (χ2v) is 10.6. The molecule has 184 valence electrons. The lowest BCUT2D eigenvalue weighted by Crippen LogP contribution is -2.31. The van der Waals surface area contributed by atoms with E-state index in [-0.39, 0.29) is 24.4 Å². The van der Waals surface area contributed by atoms with E-state index in [0.29, 0.717) is 35.1 Å². The molecule has 0 saturated heterocycles. The molecule has 0 amide bonds. The Hall–Kier alpha value is -3.26. The van der Waals surface area contributed by atoms with Gasteiger partial charge in [-0.1, -0.05) is 23.4 Å². The summed E-state index contributed by atoms with van der Waals surface area (Å²) in [5.74, 6) is 1.29. The third-order valence-electron chi connectivity index (χ3n) is 5.88. The van der Waals surface area contributed by atoms with Crippen LogP contribution in [0.25, 0.3) is 22.8 Å². The van der Waals surface area contributed by atoms with Gasteiger partial charge in [-0.2, -0.15) is 10.2 Å². The molecule has 10 heteroatoms. The third kappa shape index (κ3) is 5.70. The van der Waals surface area contributed by atoms with Gasteiger partial charge in [-0.15, -0.1) is 0 Å². The Morgan fingerprint density at radius 1 is 1.29 bits per heavy atom. The fraction of sp³-hybridized carbons (Fsp3) is 0.400. The van der Waals surface area contributed by atoms with Crippen LogP contribution in [0.15, 0.2) is 40.9 Å². The number of sulfonamides is 1. The van der Waals surface area contributed by atoms with Crippen LogP contribution < -0.4 is 9.46 Å². The van der Waals surface area contributed by atoms with Crippen molar-refractivity contribution in [2.75, 3.05) is 26.0 Å². The molecule has 1 unspecified atom stereocenters. The monoisotopic (exact) mass is 496 g/mol. The summed E-state index contributed by atoms with van der Waals surface area (Å²) in [6.45, 7) is 4.29. The van der Waals surface area contributed by atoms with E-state index in [1.807, 2.05) is 32.0 Å². The molecule has 0 fully saturated rings. The summed E-state index contributed by atoms with van der Waals surface area (Å²) in [5, 5.41) is 13.7. The third-order valence-corrected chi connectivity index (χ3v) is 7.19. The van der Waals surface area contributed by atoms with Crippen molar-refractivity contribution in [3.8, 4) is 34.7 Å². The van der Waals surface area contributed by atoms with E-state index in [1.165, 1.54) is 7.11 Å². The quantitative estimate of drug-likeness (QED) is 0.450. The molecule has 1 aliphatic carbocycles. The minimum Gasteiger partial charge on any atom is -0.490 e. The van der Waals surface area contributed by atoms with Crippen LogP contribution in [0.3, 0.4) is 0 Å². The van der Waals surface area contributed by atoms with Crippen LogP contribution in [0.2, 0.25) is 0 Å². The molecule has 0 aliphatic heterocycles. The number of aromatic nitrogens is 2. The Kier molecular flexibility index (Phi) is 7.50. The maximum Gasteiger partial charge on any atom is 0.258 e. The molecule has 0 spiro atoms. The molecule has 0 bridgehead atoms. The molecule has 0 saturated carbocycles. The van der Waals surface area contributed by atoms with E-state index in [1.54, 1.807) is 18.2 Å². The number of fused-ring (bicyclic) bond motifs is 1. The first-order valence-corrected chi connectivity index (χ1v) is 13.1. The van der Waals surface area contributed by atoms with Crippen LogP contribution in [-0.4, -0.2) is 50.7 Å².